The first-order chi connectivity index (χ1) is 19.0. The molecule has 1 aromatic heterocycles. The summed E-state index contributed by atoms with van der Waals surface area (Å²) in [5.74, 6) is 0.244. The summed E-state index contributed by atoms with van der Waals surface area (Å²) in [6, 6.07) is 9.74. The maximum absolute atomic E-state index is 14.2. The highest BCUT2D eigenvalue weighted by Gasteiger charge is 2.44. The molecule has 4 heterocycles. The predicted molar refractivity (Wildman–Crippen MR) is 135 cm³/mol. The van der Waals surface area contributed by atoms with Gasteiger partial charge in [0, 0.05) is 49.8 Å². The number of hydrogen-bond acceptors (Lipinski definition) is 5. The summed E-state index contributed by atoms with van der Waals surface area (Å²) in [5, 5.41) is 8.12. The van der Waals surface area contributed by atoms with Gasteiger partial charge in [0.25, 0.3) is 5.91 Å². The van der Waals surface area contributed by atoms with E-state index in [2.05, 4.69) is 10.2 Å². The summed E-state index contributed by atoms with van der Waals surface area (Å²) in [4.78, 5) is 16.5. The number of benzene rings is 2. The van der Waals surface area contributed by atoms with E-state index in [4.69, 9.17) is 4.74 Å². The third kappa shape index (κ3) is 4.77. The number of carbonyl (C=O) groups is 1. The van der Waals surface area contributed by atoms with E-state index < -0.39 is 35.4 Å². The minimum Gasteiger partial charge on any atom is -0.379 e. The molecule has 6 rings (SSSR count). The molecule has 2 saturated heterocycles. The van der Waals surface area contributed by atoms with E-state index >= 15 is 0 Å². The molecule has 3 aliphatic heterocycles. The number of hydrogen-bond donors (Lipinski definition) is 0. The second kappa shape index (κ2) is 9.91. The fraction of sp³-hybridized carbons (Fsp3) is 0.464. The predicted octanol–water partition coefficient (Wildman–Crippen LogP) is 4.39. The minimum absolute atomic E-state index is 0.00314. The lowest BCUT2D eigenvalue weighted by atomic mass is 9.75. The topological polar surface area (TPSA) is 63.5 Å². The molecular formula is C28H28F5N5O2. The number of anilines is 1. The number of ether oxygens (including phenoxy) is 1. The number of rotatable bonds is 6. The fourth-order valence-electron chi connectivity index (χ4n) is 5.85. The molecule has 1 amide bonds. The molecule has 7 nitrogen and oxygen atoms in total. The molecule has 0 bridgehead atoms. The van der Waals surface area contributed by atoms with Crippen molar-refractivity contribution in [1.29, 1.82) is 0 Å². The number of aromatic nitrogens is 3. The number of piperidine rings is 1. The largest absolute Gasteiger partial charge is 0.416 e. The second-order valence-electron chi connectivity index (χ2n) is 11.0. The highest BCUT2D eigenvalue weighted by Crippen LogP contribution is 2.42. The van der Waals surface area contributed by atoms with Crippen molar-refractivity contribution < 1.29 is 31.5 Å². The summed E-state index contributed by atoms with van der Waals surface area (Å²) in [6.45, 7) is 0.687. The van der Waals surface area contributed by atoms with E-state index in [1.54, 1.807) is 23.4 Å². The lowest BCUT2D eigenvalue weighted by Crippen LogP contribution is -2.49. The molecule has 0 unspecified atom stereocenters. The summed E-state index contributed by atoms with van der Waals surface area (Å²) >= 11 is 0. The molecule has 40 heavy (non-hydrogen) atoms. The molecule has 212 valence electrons. The smallest absolute Gasteiger partial charge is 0.379 e. The van der Waals surface area contributed by atoms with Gasteiger partial charge in [0.15, 0.2) is 0 Å². The number of carbonyl (C=O) groups excluding carboxylic acids is 1. The van der Waals surface area contributed by atoms with Crippen LogP contribution >= 0.6 is 0 Å². The van der Waals surface area contributed by atoms with Gasteiger partial charge >= 0.3 is 6.18 Å². The molecule has 0 N–H and O–H groups in total. The van der Waals surface area contributed by atoms with Crippen LogP contribution in [0.25, 0.3) is 0 Å². The lowest BCUT2D eigenvalue weighted by Gasteiger charge is -2.42. The van der Waals surface area contributed by atoms with E-state index in [1.165, 1.54) is 11.0 Å². The summed E-state index contributed by atoms with van der Waals surface area (Å²) in [7, 11) is 1.85. The number of aryl methyl sites for hydroxylation is 1. The van der Waals surface area contributed by atoms with Crippen molar-refractivity contribution in [1.82, 2.24) is 19.7 Å². The Balaban J connectivity index is 1.30. The van der Waals surface area contributed by atoms with Crippen molar-refractivity contribution in [2.24, 2.45) is 7.05 Å². The molecule has 0 radical (unpaired) electrons. The maximum atomic E-state index is 14.2. The number of halogens is 5. The first-order valence-electron chi connectivity index (χ1n) is 13.1. The third-order valence-corrected chi connectivity index (χ3v) is 8.19. The fourth-order valence-corrected chi connectivity index (χ4v) is 5.85. The van der Waals surface area contributed by atoms with Gasteiger partial charge in [0.1, 0.15) is 24.5 Å². The van der Waals surface area contributed by atoms with Crippen LogP contribution in [0.5, 0.6) is 0 Å². The zero-order chi connectivity index (χ0) is 28.2. The third-order valence-electron chi connectivity index (χ3n) is 8.19. The Morgan fingerprint density at radius 1 is 1.12 bits per heavy atom. The number of fused-ring (bicyclic) bond motifs is 1. The van der Waals surface area contributed by atoms with Crippen LogP contribution in [0.4, 0.5) is 27.6 Å². The van der Waals surface area contributed by atoms with E-state index in [9.17, 15) is 26.7 Å². The first kappa shape index (κ1) is 26.8. The molecule has 0 saturated carbocycles. The normalized spacial score (nSPS) is 22.9. The summed E-state index contributed by atoms with van der Waals surface area (Å²) in [5.41, 5.74) is 0.258. The second-order valence-corrected chi connectivity index (χ2v) is 11.0. The number of alkyl halides is 5. The van der Waals surface area contributed by atoms with Crippen molar-refractivity contribution >= 4 is 11.6 Å². The van der Waals surface area contributed by atoms with Gasteiger partial charge in [-0.15, -0.1) is 10.2 Å². The average Bonchev–Trinajstić information content (AvgIpc) is 3.45. The Labute approximate surface area is 227 Å². The van der Waals surface area contributed by atoms with Gasteiger partial charge in [0.05, 0.1) is 25.3 Å². The summed E-state index contributed by atoms with van der Waals surface area (Å²) < 4.78 is 77.4. The quantitative estimate of drug-likeness (QED) is 0.418. The molecule has 3 aliphatic rings. The van der Waals surface area contributed by atoms with Crippen LogP contribution in [0.15, 0.2) is 42.7 Å². The molecule has 2 aromatic carbocycles. The van der Waals surface area contributed by atoms with Crippen LogP contribution in [-0.4, -0.2) is 64.2 Å². The van der Waals surface area contributed by atoms with Crippen LogP contribution in [0.3, 0.4) is 0 Å². The van der Waals surface area contributed by atoms with Crippen molar-refractivity contribution in [3.8, 4) is 0 Å². The van der Waals surface area contributed by atoms with Gasteiger partial charge < -0.3 is 14.2 Å². The number of nitrogens with zero attached hydrogens (tertiary/aromatic N) is 5. The van der Waals surface area contributed by atoms with E-state index in [0.29, 0.717) is 25.3 Å². The van der Waals surface area contributed by atoms with E-state index in [1.807, 2.05) is 23.7 Å². The molecule has 2 fully saturated rings. The van der Waals surface area contributed by atoms with E-state index in [0.717, 1.165) is 17.5 Å². The van der Waals surface area contributed by atoms with Gasteiger partial charge in [0.2, 0.25) is 0 Å². The zero-order valence-corrected chi connectivity index (χ0v) is 21.8. The van der Waals surface area contributed by atoms with Gasteiger partial charge in [-0.1, -0.05) is 12.1 Å². The Morgan fingerprint density at radius 2 is 1.93 bits per heavy atom. The van der Waals surface area contributed by atoms with Crippen LogP contribution in [0, 0.1) is 0 Å². The molecule has 12 heteroatoms. The Bertz CT molecular complexity index is 1440. The first-order valence-corrected chi connectivity index (χ1v) is 13.1. The van der Waals surface area contributed by atoms with E-state index in [-0.39, 0.29) is 49.3 Å². The van der Waals surface area contributed by atoms with Crippen LogP contribution in [0.1, 0.15) is 44.9 Å². The standard InChI is InChI=1S/C28H28F5N5O2/c1-36-16-34-35-25(36)10-27(14-40-15-27)18-3-2-4-19(9-18)38-12-21-20(26(38)39)7-17(8-22(21)28(31,32)33)11-37-6-5-23(29)24(30)13-37/h2-4,7-9,16,23-24H,5-6,10-15H2,1H3/t23-,24-/m1/s1. The van der Waals surface area contributed by atoms with Crippen LogP contribution in [-0.2, 0) is 42.9 Å². The zero-order valence-electron chi connectivity index (χ0n) is 21.8. The summed E-state index contributed by atoms with van der Waals surface area (Å²) in [6.07, 6.45) is -5.79. The van der Waals surface area contributed by atoms with Crippen molar-refractivity contribution in [2.75, 3.05) is 31.2 Å². The highest BCUT2D eigenvalue weighted by atomic mass is 19.4. The molecule has 0 spiro atoms. The van der Waals surface area contributed by atoms with Gasteiger partial charge in [-0.25, -0.2) is 8.78 Å². The number of amides is 1. The monoisotopic (exact) mass is 561 g/mol. The van der Waals surface area contributed by atoms with Gasteiger partial charge in [-0.3, -0.25) is 9.69 Å². The molecule has 3 aromatic rings. The Morgan fingerprint density at radius 3 is 2.58 bits per heavy atom. The van der Waals surface area contributed by atoms with Crippen molar-refractivity contribution in [3.63, 3.8) is 0 Å². The van der Waals surface area contributed by atoms with Crippen LogP contribution in [0.2, 0.25) is 0 Å². The van der Waals surface area contributed by atoms with Crippen molar-refractivity contribution in [3.05, 3.63) is 76.4 Å². The van der Waals surface area contributed by atoms with Gasteiger partial charge in [-0.05, 0) is 47.4 Å². The lowest BCUT2D eigenvalue weighted by molar-refractivity contribution is -0.138. The van der Waals surface area contributed by atoms with Crippen LogP contribution < -0.4 is 4.90 Å². The average molecular weight is 562 g/mol. The minimum atomic E-state index is -4.68. The van der Waals surface area contributed by atoms with Gasteiger partial charge in [-0.2, -0.15) is 13.2 Å². The Kier molecular flexibility index (Phi) is 6.65. The highest BCUT2D eigenvalue weighted by molar-refractivity contribution is 6.10. The SMILES string of the molecule is Cn1cnnc1CC1(c2cccc(N3Cc4c(cc(CN5CC[C@@H](F)[C@H](F)C5)cc4C(F)(F)F)C3=O)c2)COC1. The molecule has 2 atom stereocenters. The molecule has 0 aliphatic carbocycles. The Hall–Kier alpha value is -3.38. The van der Waals surface area contributed by atoms with Crippen molar-refractivity contribution in [2.45, 2.75) is 49.9 Å². The number of likely N-dealkylation sites (tertiary alicyclic amines) is 1. The maximum Gasteiger partial charge on any atom is 0.416 e. The molecular weight excluding hydrogens is 533 g/mol.